The molecule has 1 heterocycles. The zero-order valence-corrected chi connectivity index (χ0v) is 9.33. The van der Waals surface area contributed by atoms with Gasteiger partial charge in [-0.2, -0.15) is 0 Å². The Balaban J connectivity index is 2.46. The number of hydrogen-bond donors (Lipinski definition) is 1. The van der Waals surface area contributed by atoms with Crippen LogP contribution in [0.15, 0.2) is 0 Å². The van der Waals surface area contributed by atoms with Crippen LogP contribution < -0.4 is 0 Å². The molecule has 0 aromatic rings. The van der Waals surface area contributed by atoms with Gasteiger partial charge in [-0.05, 0) is 38.6 Å². The van der Waals surface area contributed by atoms with Crippen LogP contribution in [-0.4, -0.2) is 35.2 Å². The monoisotopic (exact) mass is 185 g/mol. The van der Waals surface area contributed by atoms with Gasteiger partial charge in [-0.15, -0.1) is 0 Å². The molecule has 1 aliphatic rings. The quantitative estimate of drug-likeness (QED) is 0.708. The molecule has 2 atom stereocenters. The minimum absolute atomic E-state index is 0.115. The van der Waals surface area contributed by atoms with Gasteiger partial charge >= 0.3 is 0 Å². The summed E-state index contributed by atoms with van der Waals surface area (Å²) in [5, 5.41) is 9.92. The van der Waals surface area contributed by atoms with Crippen LogP contribution in [-0.2, 0) is 0 Å². The SMILES string of the molecule is CC(C)C1CCN(C(C)C)CC1O. The largest absolute Gasteiger partial charge is 0.391 e. The average Bonchev–Trinajstić information content (AvgIpc) is 2.03. The topological polar surface area (TPSA) is 23.5 Å². The van der Waals surface area contributed by atoms with Gasteiger partial charge in [-0.1, -0.05) is 13.8 Å². The van der Waals surface area contributed by atoms with Crippen LogP contribution in [0.2, 0.25) is 0 Å². The fourth-order valence-corrected chi connectivity index (χ4v) is 2.22. The van der Waals surface area contributed by atoms with Crippen molar-refractivity contribution in [3.8, 4) is 0 Å². The molecule has 2 heteroatoms. The average molecular weight is 185 g/mol. The maximum atomic E-state index is 9.92. The number of likely N-dealkylation sites (tertiary alicyclic amines) is 1. The first-order chi connectivity index (χ1) is 6.02. The van der Waals surface area contributed by atoms with E-state index in [1.165, 1.54) is 0 Å². The van der Waals surface area contributed by atoms with Gasteiger partial charge in [0.1, 0.15) is 0 Å². The van der Waals surface area contributed by atoms with Gasteiger partial charge in [0.05, 0.1) is 6.10 Å². The standard InChI is InChI=1S/C11H23NO/c1-8(2)10-5-6-12(9(3)4)7-11(10)13/h8-11,13H,5-7H2,1-4H3. The molecule has 1 saturated heterocycles. The Hall–Kier alpha value is -0.0800. The van der Waals surface area contributed by atoms with E-state index in [2.05, 4.69) is 32.6 Å². The molecule has 2 nitrogen and oxygen atoms in total. The van der Waals surface area contributed by atoms with E-state index in [4.69, 9.17) is 0 Å². The van der Waals surface area contributed by atoms with Crippen molar-refractivity contribution in [2.75, 3.05) is 13.1 Å². The highest BCUT2D eigenvalue weighted by Crippen LogP contribution is 2.25. The first-order valence-corrected chi connectivity index (χ1v) is 5.44. The molecule has 0 aliphatic carbocycles. The van der Waals surface area contributed by atoms with Gasteiger partial charge in [0.2, 0.25) is 0 Å². The van der Waals surface area contributed by atoms with E-state index < -0.39 is 0 Å². The summed E-state index contributed by atoms with van der Waals surface area (Å²) in [5.41, 5.74) is 0. The lowest BCUT2D eigenvalue weighted by atomic mass is 9.84. The second kappa shape index (κ2) is 4.43. The molecule has 0 bridgehead atoms. The van der Waals surface area contributed by atoms with Gasteiger partial charge < -0.3 is 5.11 Å². The van der Waals surface area contributed by atoms with Crippen molar-refractivity contribution >= 4 is 0 Å². The highest BCUT2D eigenvalue weighted by Gasteiger charge is 2.30. The van der Waals surface area contributed by atoms with Gasteiger partial charge in [0, 0.05) is 12.6 Å². The molecular weight excluding hydrogens is 162 g/mol. The van der Waals surface area contributed by atoms with Crippen LogP contribution in [0.25, 0.3) is 0 Å². The lowest BCUT2D eigenvalue weighted by molar-refractivity contribution is -0.00764. The molecule has 0 amide bonds. The van der Waals surface area contributed by atoms with E-state index in [0.29, 0.717) is 17.9 Å². The van der Waals surface area contributed by atoms with E-state index in [9.17, 15) is 5.11 Å². The number of nitrogens with zero attached hydrogens (tertiary/aromatic N) is 1. The first-order valence-electron chi connectivity index (χ1n) is 5.44. The smallest absolute Gasteiger partial charge is 0.0698 e. The summed E-state index contributed by atoms with van der Waals surface area (Å²) >= 11 is 0. The molecule has 0 saturated carbocycles. The van der Waals surface area contributed by atoms with E-state index in [1.807, 2.05) is 0 Å². The Labute approximate surface area is 81.9 Å². The Bertz CT molecular complexity index is 156. The van der Waals surface area contributed by atoms with Gasteiger partial charge in [0.15, 0.2) is 0 Å². The fourth-order valence-electron chi connectivity index (χ4n) is 2.22. The van der Waals surface area contributed by atoms with Crippen LogP contribution in [0.4, 0.5) is 0 Å². The summed E-state index contributed by atoms with van der Waals surface area (Å²) in [6, 6.07) is 0.572. The molecule has 0 spiro atoms. The maximum absolute atomic E-state index is 9.92. The van der Waals surface area contributed by atoms with Crippen molar-refractivity contribution < 1.29 is 5.11 Å². The molecule has 1 N–H and O–H groups in total. The van der Waals surface area contributed by atoms with Gasteiger partial charge in [-0.3, -0.25) is 4.90 Å². The van der Waals surface area contributed by atoms with E-state index >= 15 is 0 Å². The molecule has 2 unspecified atom stereocenters. The minimum atomic E-state index is -0.115. The molecule has 1 fully saturated rings. The lowest BCUT2D eigenvalue weighted by Gasteiger charge is -2.39. The Morgan fingerprint density at radius 2 is 1.85 bits per heavy atom. The van der Waals surface area contributed by atoms with E-state index in [-0.39, 0.29) is 6.10 Å². The summed E-state index contributed by atoms with van der Waals surface area (Å²) < 4.78 is 0. The summed E-state index contributed by atoms with van der Waals surface area (Å²) in [6.07, 6.45) is 1.04. The normalized spacial score (nSPS) is 31.6. The predicted molar refractivity (Wildman–Crippen MR) is 55.7 cm³/mol. The molecule has 78 valence electrons. The van der Waals surface area contributed by atoms with Gasteiger partial charge in [-0.25, -0.2) is 0 Å². The number of aliphatic hydroxyl groups excluding tert-OH is 1. The highest BCUT2D eigenvalue weighted by molar-refractivity contribution is 4.82. The van der Waals surface area contributed by atoms with E-state index in [1.54, 1.807) is 0 Å². The van der Waals surface area contributed by atoms with Gasteiger partial charge in [0.25, 0.3) is 0 Å². The summed E-state index contributed by atoms with van der Waals surface area (Å²) in [4.78, 5) is 2.36. The van der Waals surface area contributed by atoms with Crippen LogP contribution >= 0.6 is 0 Å². The number of aliphatic hydroxyl groups is 1. The lowest BCUT2D eigenvalue weighted by Crippen LogP contribution is -2.48. The zero-order chi connectivity index (χ0) is 10.0. The highest BCUT2D eigenvalue weighted by atomic mass is 16.3. The molecule has 13 heavy (non-hydrogen) atoms. The van der Waals surface area contributed by atoms with Crippen molar-refractivity contribution in [2.45, 2.75) is 46.3 Å². The van der Waals surface area contributed by atoms with Crippen molar-refractivity contribution in [3.05, 3.63) is 0 Å². The number of piperidine rings is 1. The Morgan fingerprint density at radius 3 is 2.23 bits per heavy atom. The second-order valence-corrected chi connectivity index (χ2v) is 4.85. The van der Waals surface area contributed by atoms with Crippen LogP contribution in [0.5, 0.6) is 0 Å². The summed E-state index contributed by atoms with van der Waals surface area (Å²) in [6.45, 7) is 10.8. The Morgan fingerprint density at radius 1 is 1.23 bits per heavy atom. The molecule has 0 aromatic carbocycles. The second-order valence-electron chi connectivity index (χ2n) is 4.85. The van der Waals surface area contributed by atoms with E-state index in [0.717, 1.165) is 19.5 Å². The maximum Gasteiger partial charge on any atom is 0.0698 e. The van der Waals surface area contributed by atoms with Crippen LogP contribution in [0.3, 0.4) is 0 Å². The Kier molecular flexibility index (Phi) is 3.74. The third-order valence-electron chi connectivity index (χ3n) is 3.25. The fraction of sp³-hybridized carbons (Fsp3) is 1.00. The summed E-state index contributed by atoms with van der Waals surface area (Å²) in [5.74, 6) is 1.12. The number of rotatable bonds is 2. The van der Waals surface area contributed by atoms with Crippen molar-refractivity contribution in [1.82, 2.24) is 4.90 Å². The predicted octanol–water partition coefficient (Wildman–Crippen LogP) is 1.73. The van der Waals surface area contributed by atoms with Crippen LogP contribution in [0.1, 0.15) is 34.1 Å². The molecule has 0 aromatic heterocycles. The van der Waals surface area contributed by atoms with Crippen molar-refractivity contribution in [2.24, 2.45) is 11.8 Å². The van der Waals surface area contributed by atoms with Crippen molar-refractivity contribution in [3.63, 3.8) is 0 Å². The van der Waals surface area contributed by atoms with Crippen LogP contribution in [0, 0.1) is 11.8 Å². The first kappa shape index (κ1) is 11.0. The molecule has 1 aliphatic heterocycles. The zero-order valence-electron chi connectivity index (χ0n) is 9.33. The molecule has 0 radical (unpaired) electrons. The molecular formula is C11H23NO. The third kappa shape index (κ3) is 2.68. The third-order valence-corrected chi connectivity index (χ3v) is 3.25. The molecule has 1 rings (SSSR count). The number of hydrogen-bond acceptors (Lipinski definition) is 2. The van der Waals surface area contributed by atoms with Crippen molar-refractivity contribution in [1.29, 1.82) is 0 Å². The number of β-amino-alcohol motifs (C(OH)–C–C–N with tert-alkyl or cyclic N) is 1. The summed E-state index contributed by atoms with van der Waals surface area (Å²) in [7, 11) is 0. The minimum Gasteiger partial charge on any atom is -0.391 e.